The Balaban J connectivity index is 2.51. The molecule has 1 aliphatic carbocycles. The zero-order chi connectivity index (χ0) is 12.3. The van der Waals surface area contributed by atoms with Gasteiger partial charge in [0.2, 0.25) is 0 Å². The molecule has 1 nitrogen and oxygen atoms in total. The molecule has 4 heteroatoms. The lowest BCUT2D eigenvalue weighted by atomic mass is 9.74. The van der Waals surface area contributed by atoms with E-state index >= 15 is 0 Å². The molecule has 3 unspecified atom stereocenters. The molecular formula is C12H22F3N. The van der Waals surface area contributed by atoms with Crippen molar-refractivity contribution in [2.75, 3.05) is 6.54 Å². The molecule has 16 heavy (non-hydrogen) atoms. The molecule has 96 valence electrons. The minimum Gasteiger partial charge on any atom is -0.306 e. The van der Waals surface area contributed by atoms with Gasteiger partial charge < -0.3 is 5.32 Å². The summed E-state index contributed by atoms with van der Waals surface area (Å²) < 4.78 is 36.5. The first-order valence-corrected chi connectivity index (χ1v) is 6.09. The number of alkyl halides is 3. The molecule has 1 rings (SSSR count). The fourth-order valence-corrected chi connectivity index (χ4v) is 2.68. The molecule has 0 aromatic rings. The van der Waals surface area contributed by atoms with E-state index < -0.39 is 12.7 Å². The van der Waals surface area contributed by atoms with Crippen molar-refractivity contribution >= 4 is 0 Å². The Bertz CT molecular complexity index is 213. The summed E-state index contributed by atoms with van der Waals surface area (Å²) in [6.07, 6.45) is -1.03. The Morgan fingerprint density at radius 3 is 2.38 bits per heavy atom. The summed E-state index contributed by atoms with van der Waals surface area (Å²) in [6.45, 7) is 5.47. The van der Waals surface area contributed by atoms with Gasteiger partial charge in [-0.15, -0.1) is 0 Å². The van der Waals surface area contributed by atoms with Crippen molar-refractivity contribution in [2.45, 2.75) is 52.3 Å². The van der Waals surface area contributed by atoms with Gasteiger partial charge in [0.05, 0.1) is 6.54 Å². The van der Waals surface area contributed by atoms with Gasteiger partial charge in [-0.05, 0) is 30.6 Å². The predicted molar refractivity (Wildman–Crippen MR) is 59.2 cm³/mol. The SMILES string of the molecule is CC1CCC(C(C)C)C(NCC(F)(F)F)C1. The van der Waals surface area contributed by atoms with Crippen LogP contribution < -0.4 is 5.32 Å². The van der Waals surface area contributed by atoms with Crippen molar-refractivity contribution in [1.82, 2.24) is 5.32 Å². The van der Waals surface area contributed by atoms with E-state index in [4.69, 9.17) is 0 Å². The summed E-state index contributed by atoms with van der Waals surface area (Å²) in [5, 5.41) is 2.70. The molecule has 0 aromatic heterocycles. The maximum absolute atomic E-state index is 12.2. The van der Waals surface area contributed by atoms with Crippen LogP contribution in [-0.2, 0) is 0 Å². The summed E-state index contributed by atoms with van der Waals surface area (Å²) in [6, 6.07) is 0.0328. The summed E-state index contributed by atoms with van der Waals surface area (Å²) in [7, 11) is 0. The molecule has 0 saturated heterocycles. The van der Waals surface area contributed by atoms with Crippen molar-refractivity contribution in [3.05, 3.63) is 0 Å². The van der Waals surface area contributed by atoms with Crippen LogP contribution in [0.25, 0.3) is 0 Å². The fourth-order valence-electron chi connectivity index (χ4n) is 2.68. The van der Waals surface area contributed by atoms with E-state index in [0.717, 1.165) is 19.3 Å². The zero-order valence-electron chi connectivity index (χ0n) is 10.3. The Hall–Kier alpha value is -0.250. The molecule has 0 aliphatic heterocycles. The maximum atomic E-state index is 12.2. The highest BCUT2D eigenvalue weighted by molar-refractivity contribution is 4.85. The molecule has 0 heterocycles. The topological polar surface area (TPSA) is 12.0 Å². The van der Waals surface area contributed by atoms with Crippen LogP contribution in [0.1, 0.15) is 40.0 Å². The quantitative estimate of drug-likeness (QED) is 0.790. The highest BCUT2D eigenvalue weighted by Crippen LogP contribution is 2.33. The molecular weight excluding hydrogens is 215 g/mol. The largest absolute Gasteiger partial charge is 0.401 e. The Labute approximate surface area is 95.8 Å². The first-order chi connectivity index (χ1) is 7.29. The van der Waals surface area contributed by atoms with Gasteiger partial charge in [-0.2, -0.15) is 13.2 Å². The van der Waals surface area contributed by atoms with Crippen LogP contribution >= 0.6 is 0 Å². The fraction of sp³-hybridized carbons (Fsp3) is 1.00. The monoisotopic (exact) mass is 237 g/mol. The molecule has 1 N–H and O–H groups in total. The summed E-state index contributed by atoms with van der Waals surface area (Å²) in [5.41, 5.74) is 0. The van der Waals surface area contributed by atoms with Gasteiger partial charge >= 0.3 is 6.18 Å². The first-order valence-electron chi connectivity index (χ1n) is 6.09. The maximum Gasteiger partial charge on any atom is 0.401 e. The average molecular weight is 237 g/mol. The van der Waals surface area contributed by atoms with E-state index in [1.165, 1.54) is 0 Å². The lowest BCUT2D eigenvalue weighted by molar-refractivity contribution is -0.128. The lowest BCUT2D eigenvalue weighted by Gasteiger charge is -2.38. The van der Waals surface area contributed by atoms with Crippen LogP contribution in [0.5, 0.6) is 0 Å². The van der Waals surface area contributed by atoms with Crippen molar-refractivity contribution in [3.63, 3.8) is 0 Å². The molecule has 1 saturated carbocycles. The van der Waals surface area contributed by atoms with Crippen molar-refractivity contribution in [3.8, 4) is 0 Å². The minimum absolute atomic E-state index is 0.0328. The Morgan fingerprint density at radius 1 is 1.25 bits per heavy atom. The smallest absolute Gasteiger partial charge is 0.306 e. The zero-order valence-corrected chi connectivity index (χ0v) is 10.3. The molecule has 0 bridgehead atoms. The second-order valence-electron chi connectivity index (χ2n) is 5.43. The summed E-state index contributed by atoms with van der Waals surface area (Å²) >= 11 is 0. The molecule has 1 fully saturated rings. The van der Waals surface area contributed by atoms with E-state index in [1.54, 1.807) is 0 Å². The van der Waals surface area contributed by atoms with Crippen LogP contribution in [-0.4, -0.2) is 18.8 Å². The molecule has 0 radical (unpaired) electrons. The van der Waals surface area contributed by atoms with Gasteiger partial charge in [0.25, 0.3) is 0 Å². The third-order valence-corrected chi connectivity index (χ3v) is 3.59. The van der Waals surface area contributed by atoms with E-state index in [9.17, 15) is 13.2 Å². The number of nitrogens with one attached hydrogen (secondary N) is 1. The summed E-state index contributed by atoms with van der Waals surface area (Å²) in [5.74, 6) is 1.39. The van der Waals surface area contributed by atoms with Gasteiger partial charge in [-0.1, -0.05) is 27.2 Å². The normalized spacial score (nSPS) is 32.1. The van der Waals surface area contributed by atoms with Gasteiger partial charge in [-0.3, -0.25) is 0 Å². The highest BCUT2D eigenvalue weighted by Gasteiger charge is 2.34. The van der Waals surface area contributed by atoms with E-state index in [2.05, 4.69) is 26.1 Å². The Morgan fingerprint density at radius 2 is 1.88 bits per heavy atom. The number of halogens is 3. The van der Waals surface area contributed by atoms with Crippen LogP contribution in [0.2, 0.25) is 0 Å². The Kier molecular flexibility index (Phi) is 4.65. The first kappa shape index (κ1) is 13.8. The van der Waals surface area contributed by atoms with Gasteiger partial charge in [0, 0.05) is 6.04 Å². The van der Waals surface area contributed by atoms with Gasteiger partial charge in [-0.25, -0.2) is 0 Å². The molecule has 0 aromatic carbocycles. The standard InChI is InChI=1S/C12H22F3N/c1-8(2)10-5-4-9(3)6-11(10)16-7-12(13,14)15/h8-11,16H,4-7H2,1-3H3. The third-order valence-electron chi connectivity index (χ3n) is 3.59. The molecule has 0 spiro atoms. The highest BCUT2D eigenvalue weighted by atomic mass is 19.4. The molecule has 1 aliphatic rings. The van der Waals surface area contributed by atoms with Gasteiger partial charge in [0.1, 0.15) is 0 Å². The van der Waals surface area contributed by atoms with E-state index in [0.29, 0.717) is 17.8 Å². The van der Waals surface area contributed by atoms with Crippen LogP contribution in [0.15, 0.2) is 0 Å². The number of hydrogen-bond acceptors (Lipinski definition) is 1. The van der Waals surface area contributed by atoms with Gasteiger partial charge in [0.15, 0.2) is 0 Å². The molecule has 0 amide bonds. The lowest BCUT2D eigenvalue weighted by Crippen LogP contribution is -2.46. The van der Waals surface area contributed by atoms with Crippen molar-refractivity contribution < 1.29 is 13.2 Å². The predicted octanol–water partition coefficient (Wildman–Crippen LogP) is 3.60. The minimum atomic E-state index is -4.10. The second-order valence-corrected chi connectivity index (χ2v) is 5.43. The van der Waals surface area contributed by atoms with E-state index in [1.807, 2.05) is 0 Å². The molecule has 3 atom stereocenters. The van der Waals surface area contributed by atoms with Crippen molar-refractivity contribution in [1.29, 1.82) is 0 Å². The number of rotatable bonds is 3. The number of hydrogen-bond donors (Lipinski definition) is 1. The summed E-state index contributed by atoms with van der Waals surface area (Å²) in [4.78, 5) is 0. The van der Waals surface area contributed by atoms with Crippen LogP contribution in [0.4, 0.5) is 13.2 Å². The third kappa shape index (κ3) is 4.32. The van der Waals surface area contributed by atoms with Crippen LogP contribution in [0.3, 0.4) is 0 Å². The average Bonchev–Trinajstić information content (AvgIpc) is 2.13. The van der Waals surface area contributed by atoms with E-state index in [-0.39, 0.29) is 6.04 Å². The second kappa shape index (κ2) is 5.39. The van der Waals surface area contributed by atoms with Crippen LogP contribution in [0, 0.1) is 17.8 Å². The van der Waals surface area contributed by atoms with Crippen molar-refractivity contribution in [2.24, 2.45) is 17.8 Å².